The highest BCUT2D eigenvalue weighted by Gasteiger charge is 2.40. The Kier molecular flexibility index (Phi) is 5.70. The molecule has 2 fully saturated rings. The van der Waals surface area contributed by atoms with E-state index in [9.17, 15) is 9.59 Å². The lowest BCUT2D eigenvalue weighted by Gasteiger charge is -2.35. The van der Waals surface area contributed by atoms with Gasteiger partial charge in [-0.1, -0.05) is 0 Å². The lowest BCUT2D eigenvalue weighted by molar-refractivity contribution is -0.141. The monoisotopic (exact) mass is 470 g/mol. The standard InChI is InChI=1S/C22H26N6O6/c1-22(2)33-12-14(34-22)11-32-18-9-23-17(8-24-18)26-21(30)28-13-6-7-27(10-13)16-5-4-15(20(29)31-3)25-19(16)28/h4-5,8-9,13-14H,6-7,10-12H2,1-3H3,(H,23,26,30)/t13-,14?/m0/s1. The van der Waals surface area contributed by atoms with Crippen LogP contribution in [0, 0.1) is 0 Å². The average Bonchev–Trinajstić information content (AvgIpc) is 3.41. The van der Waals surface area contributed by atoms with Crippen LogP contribution in [-0.4, -0.2) is 78.3 Å². The fourth-order valence-corrected chi connectivity index (χ4v) is 4.34. The van der Waals surface area contributed by atoms with Crippen LogP contribution in [0.1, 0.15) is 30.8 Å². The Morgan fingerprint density at radius 3 is 2.82 bits per heavy atom. The van der Waals surface area contributed by atoms with Gasteiger partial charge in [-0.15, -0.1) is 0 Å². The van der Waals surface area contributed by atoms with E-state index in [1.54, 1.807) is 17.0 Å². The van der Waals surface area contributed by atoms with E-state index in [0.717, 1.165) is 18.7 Å². The predicted molar refractivity (Wildman–Crippen MR) is 120 cm³/mol. The van der Waals surface area contributed by atoms with Crippen molar-refractivity contribution in [2.24, 2.45) is 0 Å². The van der Waals surface area contributed by atoms with Crippen molar-refractivity contribution < 1.29 is 28.5 Å². The molecular formula is C22H26N6O6. The molecule has 0 saturated carbocycles. The molecule has 5 heterocycles. The zero-order valence-corrected chi connectivity index (χ0v) is 19.2. The SMILES string of the molecule is COC(=O)c1ccc2c(n1)N(C(=O)Nc1cnc(OCC3COC(C)(C)O3)cn1)[C@H]1CCN2C1. The van der Waals surface area contributed by atoms with E-state index in [4.69, 9.17) is 18.9 Å². The van der Waals surface area contributed by atoms with Gasteiger partial charge in [0, 0.05) is 13.1 Å². The molecule has 2 atom stereocenters. The first kappa shape index (κ1) is 22.3. The second-order valence-corrected chi connectivity index (χ2v) is 8.72. The number of carbonyl (C=O) groups is 2. The van der Waals surface area contributed by atoms with E-state index >= 15 is 0 Å². The van der Waals surface area contributed by atoms with Gasteiger partial charge in [0.15, 0.2) is 23.1 Å². The molecule has 0 aromatic carbocycles. The molecule has 2 saturated heterocycles. The number of rotatable bonds is 5. The normalized spacial score (nSPS) is 22.3. The van der Waals surface area contributed by atoms with Crippen molar-refractivity contribution in [3.05, 3.63) is 30.2 Å². The number of hydrogen-bond donors (Lipinski definition) is 1. The highest BCUT2D eigenvalue weighted by Crippen LogP contribution is 2.39. The fraction of sp³-hybridized carbons (Fsp3) is 0.500. The molecular weight excluding hydrogens is 444 g/mol. The summed E-state index contributed by atoms with van der Waals surface area (Å²) in [6.45, 7) is 5.91. The molecule has 2 aromatic heterocycles. The number of urea groups is 1. The summed E-state index contributed by atoms with van der Waals surface area (Å²) in [5.41, 5.74) is 0.940. The van der Waals surface area contributed by atoms with Crippen LogP contribution in [0.2, 0.25) is 0 Å². The average molecular weight is 470 g/mol. The van der Waals surface area contributed by atoms with Gasteiger partial charge in [0.1, 0.15) is 12.7 Å². The van der Waals surface area contributed by atoms with Crippen LogP contribution in [0.15, 0.2) is 24.5 Å². The molecule has 2 bridgehead atoms. The summed E-state index contributed by atoms with van der Waals surface area (Å²) in [5, 5.41) is 2.77. The molecule has 1 N–H and O–H groups in total. The lowest BCUT2D eigenvalue weighted by atomic mass is 10.2. The van der Waals surface area contributed by atoms with Crippen LogP contribution in [-0.2, 0) is 14.2 Å². The van der Waals surface area contributed by atoms with E-state index in [0.29, 0.717) is 24.8 Å². The third-order valence-corrected chi connectivity index (χ3v) is 5.91. The topological polar surface area (TPSA) is 128 Å². The number of carbonyl (C=O) groups excluding carboxylic acids is 2. The fourth-order valence-electron chi connectivity index (χ4n) is 4.34. The molecule has 1 unspecified atom stereocenters. The minimum Gasteiger partial charge on any atom is -0.474 e. The molecule has 180 valence electrons. The second-order valence-electron chi connectivity index (χ2n) is 8.72. The zero-order valence-electron chi connectivity index (χ0n) is 19.2. The zero-order chi connectivity index (χ0) is 23.9. The first-order chi connectivity index (χ1) is 16.3. The molecule has 12 heteroatoms. The van der Waals surface area contributed by atoms with Gasteiger partial charge in [-0.05, 0) is 32.4 Å². The Labute approximate surface area is 196 Å². The predicted octanol–water partition coefficient (Wildman–Crippen LogP) is 1.82. The largest absolute Gasteiger partial charge is 0.474 e. The van der Waals surface area contributed by atoms with Crippen LogP contribution < -0.4 is 19.9 Å². The maximum absolute atomic E-state index is 13.2. The summed E-state index contributed by atoms with van der Waals surface area (Å²) in [6.07, 6.45) is 3.46. The van der Waals surface area contributed by atoms with Gasteiger partial charge in [-0.25, -0.2) is 24.5 Å². The molecule has 0 spiro atoms. The Bertz CT molecular complexity index is 1090. The number of amides is 2. The van der Waals surface area contributed by atoms with Gasteiger partial charge >= 0.3 is 12.0 Å². The van der Waals surface area contributed by atoms with Crippen molar-refractivity contribution in [3.63, 3.8) is 0 Å². The molecule has 3 aliphatic rings. The number of anilines is 3. The van der Waals surface area contributed by atoms with Crippen molar-refractivity contribution >= 4 is 29.3 Å². The molecule has 0 aliphatic carbocycles. The molecule has 2 amide bonds. The summed E-state index contributed by atoms with van der Waals surface area (Å²) in [5.74, 6) is -0.182. The molecule has 2 aromatic rings. The lowest BCUT2D eigenvalue weighted by Crippen LogP contribution is -2.48. The van der Waals surface area contributed by atoms with Crippen molar-refractivity contribution in [2.75, 3.05) is 48.5 Å². The van der Waals surface area contributed by atoms with Gasteiger partial charge in [0.05, 0.1) is 37.8 Å². The third-order valence-electron chi connectivity index (χ3n) is 5.91. The number of esters is 1. The maximum Gasteiger partial charge on any atom is 0.356 e. The van der Waals surface area contributed by atoms with Crippen molar-refractivity contribution in [3.8, 4) is 5.88 Å². The summed E-state index contributed by atoms with van der Waals surface area (Å²) in [6, 6.07) is 2.93. The van der Waals surface area contributed by atoms with E-state index in [1.807, 2.05) is 13.8 Å². The smallest absolute Gasteiger partial charge is 0.356 e. The minimum absolute atomic E-state index is 0.0682. The van der Waals surface area contributed by atoms with Crippen molar-refractivity contribution in [2.45, 2.75) is 38.2 Å². The highest BCUT2D eigenvalue weighted by atomic mass is 16.7. The van der Waals surface area contributed by atoms with Crippen LogP contribution in [0.5, 0.6) is 5.88 Å². The van der Waals surface area contributed by atoms with Gasteiger partial charge in [-0.2, -0.15) is 0 Å². The highest BCUT2D eigenvalue weighted by molar-refractivity contribution is 6.04. The van der Waals surface area contributed by atoms with Gasteiger partial charge < -0.3 is 23.8 Å². The van der Waals surface area contributed by atoms with Crippen molar-refractivity contribution in [1.29, 1.82) is 0 Å². The quantitative estimate of drug-likeness (QED) is 0.646. The Balaban J connectivity index is 1.27. The van der Waals surface area contributed by atoms with E-state index < -0.39 is 17.8 Å². The minimum atomic E-state index is -0.621. The first-order valence-corrected chi connectivity index (χ1v) is 11.0. The number of methoxy groups -OCH3 is 1. The third kappa shape index (κ3) is 4.33. The van der Waals surface area contributed by atoms with Gasteiger partial charge in [0.25, 0.3) is 0 Å². The Morgan fingerprint density at radius 2 is 2.12 bits per heavy atom. The first-order valence-electron chi connectivity index (χ1n) is 11.0. The molecule has 0 radical (unpaired) electrons. The number of aromatic nitrogens is 3. The summed E-state index contributed by atoms with van der Waals surface area (Å²) < 4.78 is 21.6. The summed E-state index contributed by atoms with van der Waals surface area (Å²) in [7, 11) is 1.29. The number of ether oxygens (including phenoxy) is 4. The van der Waals surface area contributed by atoms with Gasteiger partial charge in [0.2, 0.25) is 5.88 Å². The second kappa shape index (κ2) is 8.69. The molecule has 5 rings (SSSR count). The van der Waals surface area contributed by atoms with E-state index in [1.165, 1.54) is 19.5 Å². The van der Waals surface area contributed by atoms with Crippen molar-refractivity contribution in [1.82, 2.24) is 15.0 Å². The van der Waals surface area contributed by atoms with E-state index in [2.05, 4.69) is 25.2 Å². The number of fused-ring (bicyclic) bond motifs is 4. The maximum atomic E-state index is 13.2. The summed E-state index contributed by atoms with van der Waals surface area (Å²) >= 11 is 0. The number of pyridine rings is 1. The van der Waals surface area contributed by atoms with Gasteiger partial charge in [-0.3, -0.25) is 10.2 Å². The molecule has 3 aliphatic heterocycles. The van der Waals surface area contributed by atoms with E-state index in [-0.39, 0.29) is 30.3 Å². The Hall–Kier alpha value is -3.51. The van der Waals surface area contributed by atoms with Crippen LogP contribution in [0.3, 0.4) is 0 Å². The van der Waals surface area contributed by atoms with Crippen LogP contribution >= 0.6 is 0 Å². The Morgan fingerprint density at radius 1 is 1.26 bits per heavy atom. The number of hydrogen-bond acceptors (Lipinski definition) is 10. The summed E-state index contributed by atoms with van der Waals surface area (Å²) in [4.78, 5) is 41.8. The number of nitrogens with zero attached hydrogens (tertiary/aromatic N) is 5. The molecule has 34 heavy (non-hydrogen) atoms. The van der Waals surface area contributed by atoms with Crippen LogP contribution in [0.4, 0.5) is 22.1 Å². The van der Waals surface area contributed by atoms with Crippen LogP contribution in [0.25, 0.3) is 0 Å². The molecule has 12 nitrogen and oxygen atoms in total. The number of nitrogens with one attached hydrogen (secondary N) is 1.